The summed E-state index contributed by atoms with van der Waals surface area (Å²) in [6, 6.07) is 20.3. The molecule has 0 spiro atoms. The van der Waals surface area contributed by atoms with Gasteiger partial charge in [0.2, 0.25) is 0 Å². The molecular weight excluding hydrogens is 512 g/mol. The van der Waals surface area contributed by atoms with Crippen LogP contribution in [0.2, 0.25) is 0 Å². The van der Waals surface area contributed by atoms with Crippen molar-refractivity contribution in [3.63, 3.8) is 0 Å². The molecule has 5 aromatic rings. The summed E-state index contributed by atoms with van der Waals surface area (Å²) < 4.78 is 16.3. The van der Waals surface area contributed by atoms with Gasteiger partial charge < -0.3 is 18.9 Å². The summed E-state index contributed by atoms with van der Waals surface area (Å²) in [5, 5.41) is 9.77. The summed E-state index contributed by atoms with van der Waals surface area (Å²) in [5.41, 5.74) is 8.85. The van der Waals surface area contributed by atoms with Crippen LogP contribution in [-0.4, -0.2) is 63.1 Å². The lowest BCUT2D eigenvalue weighted by Crippen LogP contribution is -2.45. The number of anilines is 1. The fourth-order valence-corrected chi connectivity index (χ4v) is 7.08. The van der Waals surface area contributed by atoms with Crippen molar-refractivity contribution in [3.8, 4) is 11.3 Å². The highest BCUT2D eigenvalue weighted by Crippen LogP contribution is 2.42. The van der Waals surface area contributed by atoms with Crippen LogP contribution in [0.1, 0.15) is 44.0 Å². The first kappa shape index (κ1) is 26.2. The Morgan fingerprint density at radius 1 is 0.927 bits per heavy atom. The fraction of sp³-hybridized carbons (Fsp3) is 0.424. The molecule has 3 atom stereocenters. The molecule has 0 radical (unpaired) electrons. The Morgan fingerprint density at radius 3 is 2.39 bits per heavy atom. The highest BCUT2D eigenvalue weighted by molar-refractivity contribution is 6.08. The third kappa shape index (κ3) is 4.69. The lowest BCUT2D eigenvalue weighted by molar-refractivity contribution is -0.00521. The molecular formula is C33H38N6O2. The number of hydrogen-bond acceptors (Lipinski definition) is 6. The second-order valence-corrected chi connectivity index (χ2v) is 11.8. The SMILES string of the molecule is Cc1nnn(C)c1-c1cnc2c3cc(N4C[C@@H](C)O[C@@H](C)C4)ccc3n([C@@H](c3ccccc3)C3CCOCC3)c2c1. The van der Waals surface area contributed by atoms with Gasteiger partial charge in [-0.1, -0.05) is 35.5 Å². The number of pyridine rings is 1. The minimum atomic E-state index is 0.164. The lowest BCUT2D eigenvalue weighted by Gasteiger charge is -2.37. The first-order valence-electron chi connectivity index (χ1n) is 14.8. The van der Waals surface area contributed by atoms with E-state index in [9.17, 15) is 0 Å². The van der Waals surface area contributed by atoms with Crippen LogP contribution in [-0.2, 0) is 16.5 Å². The quantitative estimate of drug-likeness (QED) is 0.270. The Kier molecular flexibility index (Phi) is 6.75. The second-order valence-electron chi connectivity index (χ2n) is 11.8. The van der Waals surface area contributed by atoms with E-state index in [1.54, 1.807) is 0 Å². The average Bonchev–Trinajstić information content (AvgIpc) is 3.49. The van der Waals surface area contributed by atoms with Gasteiger partial charge in [0.15, 0.2) is 0 Å². The van der Waals surface area contributed by atoms with Crippen molar-refractivity contribution in [1.29, 1.82) is 0 Å². The molecule has 2 fully saturated rings. The van der Waals surface area contributed by atoms with Crippen LogP contribution in [0.3, 0.4) is 0 Å². The number of hydrogen-bond donors (Lipinski definition) is 0. The summed E-state index contributed by atoms with van der Waals surface area (Å²) in [6.45, 7) is 9.68. The van der Waals surface area contributed by atoms with Gasteiger partial charge >= 0.3 is 0 Å². The third-order valence-corrected chi connectivity index (χ3v) is 8.81. The molecule has 7 rings (SSSR count). The van der Waals surface area contributed by atoms with E-state index in [-0.39, 0.29) is 18.2 Å². The van der Waals surface area contributed by atoms with Gasteiger partial charge in [-0.2, -0.15) is 0 Å². The normalized spacial score (nSPS) is 21.1. The molecule has 0 unspecified atom stereocenters. The molecule has 3 aromatic heterocycles. The second kappa shape index (κ2) is 10.6. The maximum Gasteiger partial charge on any atom is 0.0961 e. The molecule has 2 saturated heterocycles. The number of ether oxygens (including phenoxy) is 2. The van der Waals surface area contributed by atoms with E-state index in [4.69, 9.17) is 14.5 Å². The number of nitrogens with zero attached hydrogens (tertiary/aromatic N) is 6. The third-order valence-electron chi connectivity index (χ3n) is 8.81. The van der Waals surface area contributed by atoms with Gasteiger partial charge in [0.25, 0.3) is 0 Å². The van der Waals surface area contributed by atoms with E-state index >= 15 is 0 Å². The summed E-state index contributed by atoms with van der Waals surface area (Å²) in [5.74, 6) is 0.453. The van der Waals surface area contributed by atoms with Crippen LogP contribution >= 0.6 is 0 Å². The molecule has 0 aliphatic carbocycles. The zero-order chi connectivity index (χ0) is 28.1. The molecule has 2 aromatic carbocycles. The highest BCUT2D eigenvalue weighted by atomic mass is 16.5. The molecule has 41 heavy (non-hydrogen) atoms. The van der Waals surface area contributed by atoms with Gasteiger partial charge in [0, 0.05) is 56.2 Å². The summed E-state index contributed by atoms with van der Waals surface area (Å²) in [4.78, 5) is 7.60. The Labute approximate surface area is 240 Å². The van der Waals surface area contributed by atoms with E-state index < -0.39 is 0 Å². The predicted octanol–water partition coefficient (Wildman–Crippen LogP) is 5.92. The summed E-state index contributed by atoms with van der Waals surface area (Å²) in [6.07, 6.45) is 4.43. The summed E-state index contributed by atoms with van der Waals surface area (Å²) >= 11 is 0. The van der Waals surface area contributed by atoms with Gasteiger partial charge in [0.05, 0.1) is 46.2 Å². The van der Waals surface area contributed by atoms with Crippen LogP contribution in [0.5, 0.6) is 0 Å². The van der Waals surface area contributed by atoms with Crippen LogP contribution in [0.15, 0.2) is 60.8 Å². The largest absolute Gasteiger partial charge is 0.381 e. The van der Waals surface area contributed by atoms with Crippen LogP contribution in [0.25, 0.3) is 33.2 Å². The maximum absolute atomic E-state index is 6.03. The molecule has 0 N–H and O–H groups in total. The first-order chi connectivity index (χ1) is 20.0. The van der Waals surface area contributed by atoms with Crippen molar-refractivity contribution in [1.82, 2.24) is 24.5 Å². The Morgan fingerprint density at radius 2 is 1.68 bits per heavy atom. The molecule has 0 bridgehead atoms. The number of aryl methyl sites for hydroxylation is 2. The van der Waals surface area contributed by atoms with Crippen LogP contribution in [0, 0.1) is 12.8 Å². The minimum Gasteiger partial charge on any atom is -0.381 e. The molecule has 0 saturated carbocycles. The number of morpholine rings is 1. The Hall–Kier alpha value is -3.75. The number of benzene rings is 2. The average molecular weight is 551 g/mol. The summed E-state index contributed by atoms with van der Waals surface area (Å²) in [7, 11) is 1.94. The van der Waals surface area contributed by atoms with E-state index in [0.717, 1.165) is 67.1 Å². The molecule has 2 aliphatic heterocycles. The van der Waals surface area contributed by atoms with Crippen molar-refractivity contribution >= 4 is 27.6 Å². The Bertz CT molecular complexity index is 1660. The number of fused-ring (bicyclic) bond motifs is 3. The van der Waals surface area contributed by atoms with Crippen molar-refractivity contribution in [3.05, 3.63) is 72.1 Å². The molecule has 212 valence electrons. The van der Waals surface area contributed by atoms with Crippen molar-refractivity contribution in [2.24, 2.45) is 13.0 Å². The van der Waals surface area contributed by atoms with E-state index in [1.165, 1.54) is 22.2 Å². The van der Waals surface area contributed by atoms with E-state index in [0.29, 0.717) is 5.92 Å². The Balaban J connectivity index is 1.48. The zero-order valence-electron chi connectivity index (χ0n) is 24.3. The van der Waals surface area contributed by atoms with Crippen LogP contribution in [0.4, 0.5) is 5.69 Å². The fourth-order valence-electron chi connectivity index (χ4n) is 7.08. The highest BCUT2D eigenvalue weighted by Gasteiger charge is 2.31. The minimum absolute atomic E-state index is 0.164. The molecule has 8 heteroatoms. The van der Waals surface area contributed by atoms with Gasteiger partial charge in [-0.3, -0.25) is 4.98 Å². The van der Waals surface area contributed by atoms with Crippen LogP contribution < -0.4 is 4.90 Å². The van der Waals surface area contributed by atoms with Gasteiger partial charge in [-0.25, -0.2) is 4.68 Å². The molecule has 2 aliphatic rings. The van der Waals surface area contributed by atoms with E-state index in [1.807, 2.05) is 24.9 Å². The zero-order valence-corrected chi connectivity index (χ0v) is 24.3. The van der Waals surface area contributed by atoms with Gasteiger partial charge in [-0.15, -0.1) is 5.10 Å². The topological polar surface area (TPSA) is 70.2 Å². The maximum atomic E-state index is 6.03. The number of rotatable bonds is 5. The van der Waals surface area contributed by atoms with Crippen molar-refractivity contribution in [2.45, 2.75) is 51.9 Å². The van der Waals surface area contributed by atoms with E-state index in [2.05, 4.69) is 88.2 Å². The standard InChI is InChI=1S/C33H38N6O2/c1-21-19-38(20-22(2)41-21)27-10-11-29-28(17-27)31-30(16-26(18-34-31)32-23(3)35-36-37(32)4)39(29)33(24-8-6-5-7-9-24)25-12-14-40-15-13-25/h5-11,16-18,21-22,25,33H,12-15,19-20H2,1-4H3/t21-,22+,33-/m0/s1. The smallest absolute Gasteiger partial charge is 0.0961 e. The first-order valence-corrected chi connectivity index (χ1v) is 14.8. The van der Waals surface area contributed by atoms with Crippen molar-refractivity contribution in [2.75, 3.05) is 31.2 Å². The predicted molar refractivity (Wildman–Crippen MR) is 162 cm³/mol. The van der Waals surface area contributed by atoms with Gasteiger partial charge in [-0.05, 0) is 69.4 Å². The number of aromatic nitrogens is 5. The van der Waals surface area contributed by atoms with Gasteiger partial charge in [0.1, 0.15) is 0 Å². The lowest BCUT2D eigenvalue weighted by atomic mass is 9.86. The monoisotopic (exact) mass is 550 g/mol. The van der Waals surface area contributed by atoms with Crippen molar-refractivity contribution < 1.29 is 9.47 Å². The molecule has 0 amide bonds. The molecule has 8 nitrogen and oxygen atoms in total. The molecule has 5 heterocycles.